The van der Waals surface area contributed by atoms with Gasteiger partial charge in [0, 0.05) is 27.2 Å². The third-order valence-electron chi connectivity index (χ3n) is 3.49. The molecule has 0 fully saturated rings. The molecule has 2 nitrogen and oxygen atoms in total. The molecule has 1 aliphatic rings. The van der Waals surface area contributed by atoms with Crippen molar-refractivity contribution >= 4 is 38.6 Å². The van der Waals surface area contributed by atoms with Gasteiger partial charge in [-0.2, -0.15) is 0 Å². The molecule has 1 N–H and O–H groups in total. The van der Waals surface area contributed by atoms with Crippen molar-refractivity contribution in [3.05, 3.63) is 26.5 Å². The molecular weight excluding hydrogens is 340 g/mol. The van der Waals surface area contributed by atoms with Crippen molar-refractivity contribution in [2.24, 2.45) is 0 Å². The molecule has 1 unspecified atom stereocenters. The van der Waals surface area contributed by atoms with Crippen molar-refractivity contribution in [2.75, 3.05) is 13.1 Å². The molecule has 2 aromatic heterocycles. The van der Waals surface area contributed by atoms with Gasteiger partial charge in [0.2, 0.25) is 0 Å². The SMILES string of the molecule is CCNCC1CCCc2sc(-c3cc(Br)cs3)nc21. The van der Waals surface area contributed by atoms with Crippen LogP contribution in [0, 0.1) is 0 Å². The van der Waals surface area contributed by atoms with E-state index in [2.05, 4.69) is 39.6 Å². The molecule has 0 saturated carbocycles. The molecule has 102 valence electrons. The molecule has 5 heteroatoms. The minimum atomic E-state index is 0.608. The summed E-state index contributed by atoms with van der Waals surface area (Å²) in [4.78, 5) is 7.73. The number of fused-ring (bicyclic) bond motifs is 1. The van der Waals surface area contributed by atoms with Gasteiger partial charge >= 0.3 is 0 Å². The number of nitrogens with zero attached hydrogens (tertiary/aromatic N) is 1. The van der Waals surface area contributed by atoms with Crippen LogP contribution in [0.2, 0.25) is 0 Å². The third kappa shape index (κ3) is 2.94. The normalized spacial score (nSPS) is 18.5. The van der Waals surface area contributed by atoms with Crippen LogP contribution >= 0.6 is 38.6 Å². The Hall–Kier alpha value is -0.230. The van der Waals surface area contributed by atoms with Gasteiger partial charge < -0.3 is 5.32 Å². The van der Waals surface area contributed by atoms with Crippen molar-refractivity contribution in [3.63, 3.8) is 0 Å². The maximum absolute atomic E-state index is 4.94. The lowest BCUT2D eigenvalue weighted by atomic mass is 9.91. The summed E-state index contributed by atoms with van der Waals surface area (Å²) < 4.78 is 1.16. The van der Waals surface area contributed by atoms with Crippen LogP contribution in [-0.4, -0.2) is 18.1 Å². The van der Waals surface area contributed by atoms with E-state index in [1.54, 1.807) is 11.3 Å². The Morgan fingerprint density at radius 1 is 1.53 bits per heavy atom. The Balaban J connectivity index is 1.88. The van der Waals surface area contributed by atoms with Crippen molar-refractivity contribution in [3.8, 4) is 9.88 Å². The topological polar surface area (TPSA) is 24.9 Å². The van der Waals surface area contributed by atoms with E-state index in [0.29, 0.717) is 5.92 Å². The fraction of sp³-hybridized carbons (Fsp3) is 0.500. The highest BCUT2D eigenvalue weighted by Gasteiger charge is 2.25. The van der Waals surface area contributed by atoms with E-state index in [0.717, 1.165) is 17.6 Å². The van der Waals surface area contributed by atoms with Gasteiger partial charge in [0.15, 0.2) is 0 Å². The smallest absolute Gasteiger partial charge is 0.133 e. The monoisotopic (exact) mass is 356 g/mol. The van der Waals surface area contributed by atoms with Crippen LogP contribution < -0.4 is 5.32 Å². The highest BCUT2D eigenvalue weighted by Crippen LogP contribution is 2.40. The van der Waals surface area contributed by atoms with E-state index < -0.39 is 0 Å². The summed E-state index contributed by atoms with van der Waals surface area (Å²) in [6, 6.07) is 2.17. The Bertz CT molecular complexity index is 562. The predicted molar refractivity (Wildman–Crippen MR) is 87.3 cm³/mol. The van der Waals surface area contributed by atoms with E-state index in [-0.39, 0.29) is 0 Å². The Kier molecular flexibility index (Phi) is 4.37. The van der Waals surface area contributed by atoms with Crippen molar-refractivity contribution in [2.45, 2.75) is 32.1 Å². The minimum absolute atomic E-state index is 0.608. The van der Waals surface area contributed by atoms with Crippen LogP contribution in [0.25, 0.3) is 9.88 Å². The number of likely N-dealkylation sites (N-methyl/N-ethyl adjacent to an activating group) is 1. The Morgan fingerprint density at radius 3 is 3.16 bits per heavy atom. The van der Waals surface area contributed by atoms with Crippen molar-refractivity contribution in [1.82, 2.24) is 10.3 Å². The maximum atomic E-state index is 4.94. The number of aromatic nitrogens is 1. The summed E-state index contributed by atoms with van der Waals surface area (Å²) in [5.74, 6) is 0.608. The minimum Gasteiger partial charge on any atom is -0.316 e. The van der Waals surface area contributed by atoms with Crippen LogP contribution in [-0.2, 0) is 6.42 Å². The van der Waals surface area contributed by atoms with E-state index in [1.165, 1.54) is 39.7 Å². The van der Waals surface area contributed by atoms with Gasteiger partial charge in [-0.3, -0.25) is 0 Å². The molecule has 2 heterocycles. The first-order valence-electron chi connectivity index (χ1n) is 6.72. The van der Waals surface area contributed by atoms with Gasteiger partial charge in [-0.15, -0.1) is 22.7 Å². The lowest BCUT2D eigenvalue weighted by Gasteiger charge is -2.21. The molecule has 0 aromatic carbocycles. The molecule has 0 saturated heterocycles. The fourth-order valence-corrected chi connectivity index (χ4v) is 5.23. The zero-order valence-electron chi connectivity index (χ0n) is 10.9. The average molecular weight is 357 g/mol. The number of nitrogens with one attached hydrogen (secondary N) is 1. The zero-order valence-corrected chi connectivity index (χ0v) is 14.1. The average Bonchev–Trinajstić information content (AvgIpc) is 3.02. The van der Waals surface area contributed by atoms with Crippen LogP contribution in [0.1, 0.15) is 36.3 Å². The van der Waals surface area contributed by atoms with Gasteiger partial charge in [-0.1, -0.05) is 6.92 Å². The molecule has 1 aliphatic carbocycles. The highest BCUT2D eigenvalue weighted by atomic mass is 79.9. The predicted octanol–water partition coefficient (Wildman–Crippen LogP) is 4.66. The van der Waals surface area contributed by atoms with Gasteiger partial charge in [-0.05, 0) is 47.8 Å². The van der Waals surface area contributed by atoms with Crippen LogP contribution in [0.3, 0.4) is 0 Å². The van der Waals surface area contributed by atoms with E-state index in [4.69, 9.17) is 4.98 Å². The molecule has 2 aromatic rings. The van der Waals surface area contributed by atoms with Crippen LogP contribution in [0.15, 0.2) is 15.9 Å². The summed E-state index contributed by atoms with van der Waals surface area (Å²) >= 11 is 7.18. The summed E-state index contributed by atoms with van der Waals surface area (Å²) in [6.45, 7) is 4.28. The first-order valence-corrected chi connectivity index (χ1v) is 9.21. The van der Waals surface area contributed by atoms with Gasteiger partial charge in [0.1, 0.15) is 5.01 Å². The largest absolute Gasteiger partial charge is 0.316 e. The summed E-state index contributed by atoms with van der Waals surface area (Å²) in [5, 5.41) is 6.80. The molecule has 3 rings (SSSR count). The molecule has 0 bridgehead atoms. The lowest BCUT2D eigenvalue weighted by molar-refractivity contribution is 0.509. The van der Waals surface area contributed by atoms with Crippen molar-refractivity contribution in [1.29, 1.82) is 0 Å². The van der Waals surface area contributed by atoms with E-state index in [9.17, 15) is 0 Å². The van der Waals surface area contributed by atoms with Gasteiger partial charge in [0.25, 0.3) is 0 Å². The second kappa shape index (κ2) is 6.04. The number of thiophene rings is 1. The number of rotatable bonds is 4. The van der Waals surface area contributed by atoms with Crippen molar-refractivity contribution < 1.29 is 0 Å². The molecule has 1 atom stereocenters. The quantitative estimate of drug-likeness (QED) is 0.861. The summed E-state index contributed by atoms with van der Waals surface area (Å²) in [7, 11) is 0. The molecule has 0 amide bonds. The van der Waals surface area contributed by atoms with Crippen LogP contribution in [0.5, 0.6) is 0 Å². The number of aryl methyl sites for hydroxylation is 1. The molecule has 0 spiro atoms. The first-order chi connectivity index (χ1) is 9.28. The highest BCUT2D eigenvalue weighted by molar-refractivity contribution is 9.10. The summed E-state index contributed by atoms with van der Waals surface area (Å²) in [6.07, 6.45) is 3.79. The maximum Gasteiger partial charge on any atom is 0.133 e. The zero-order chi connectivity index (χ0) is 13.2. The third-order valence-corrected chi connectivity index (χ3v) is 6.48. The second-order valence-corrected chi connectivity index (χ2v) is 7.76. The molecular formula is C14H17BrN2S2. The standard InChI is InChI=1S/C14H17BrN2S2/c1-2-16-7-9-4-3-5-11-13(9)17-14(19-11)12-6-10(15)8-18-12/h6,8-9,16H,2-5,7H2,1H3. The Morgan fingerprint density at radius 2 is 2.42 bits per heavy atom. The molecule has 0 radical (unpaired) electrons. The van der Waals surface area contributed by atoms with Gasteiger partial charge in [0.05, 0.1) is 10.6 Å². The summed E-state index contributed by atoms with van der Waals surface area (Å²) in [5.41, 5.74) is 1.36. The number of halogens is 1. The fourth-order valence-electron chi connectivity index (χ4n) is 2.56. The van der Waals surface area contributed by atoms with Crippen LogP contribution in [0.4, 0.5) is 0 Å². The molecule has 19 heavy (non-hydrogen) atoms. The molecule has 0 aliphatic heterocycles. The van der Waals surface area contributed by atoms with E-state index >= 15 is 0 Å². The number of hydrogen-bond donors (Lipinski definition) is 1. The lowest BCUT2D eigenvalue weighted by Crippen LogP contribution is -2.23. The Labute approximate surface area is 130 Å². The van der Waals surface area contributed by atoms with Gasteiger partial charge in [-0.25, -0.2) is 4.98 Å². The second-order valence-electron chi connectivity index (χ2n) is 4.85. The van der Waals surface area contributed by atoms with E-state index in [1.807, 2.05) is 11.3 Å². The number of hydrogen-bond acceptors (Lipinski definition) is 4. The first kappa shape index (κ1) is 13.7. The number of thiazole rings is 1.